The summed E-state index contributed by atoms with van der Waals surface area (Å²) in [5.74, 6) is -1.45. The highest BCUT2D eigenvalue weighted by atomic mass is 32.2. The molecule has 0 saturated carbocycles. The molecule has 1 aliphatic heterocycles. The van der Waals surface area contributed by atoms with Gasteiger partial charge in [-0.15, -0.1) is 0 Å². The fraction of sp³-hybridized carbons (Fsp3) is 0.368. The third-order valence-corrected chi connectivity index (χ3v) is 6.46. The van der Waals surface area contributed by atoms with Crippen molar-refractivity contribution in [3.05, 3.63) is 65.7 Å². The van der Waals surface area contributed by atoms with Crippen molar-refractivity contribution in [1.29, 1.82) is 0 Å². The number of benzene rings is 2. The van der Waals surface area contributed by atoms with E-state index in [0.717, 1.165) is 23.8 Å². The van der Waals surface area contributed by atoms with Crippen LogP contribution in [0.1, 0.15) is 18.4 Å². The molecule has 0 bridgehead atoms. The highest BCUT2D eigenvalue weighted by Gasteiger charge is 2.31. The minimum Gasteiger partial charge on any atom is -0.376 e. The molecule has 0 N–H and O–H groups in total. The van der Waals surface area contributed by atoms with E-state index in [9.17, 15) is 17.2 Å². The van der Waals surface area contributed by atoms with Crippen LogP contribution in [0.5, 0.6) is 0 Å². The third kappa shape index (κ3) is 4.47. The second-order valence-electron chi connectivity index (χ2n) is 6.42. The van der Waals surface area contributed by atoms with E-state index in [2.05, 4.69) is 0 Å². The lowest BCUT2D eigenvalue weighted by atomic mass is 9.99. The molecule has 0 aliphatic carbocycles. The monoisotopic (exact) mass is 381 g/mol. The van der Waals surface area contributed by atoms with Crippen LogP contribution in [0.4, 0.5) is 8.78 Å². The van der Waals surface area contributed by atoms with Crippen LogP contribution in [0.15, 0.2) is 53.4 Å². The molecule has 2 aromatic rings. The smallest absolute Gasteiger partial charge is 0.246 e. The molecule has 0 atom stereocenters. The van der Waals surface area contributed by atoms with Crippen molar-refractivity contribution in [1.82, 2.24) is 4.31 Å². The molecule has 1 saturated heterocycles. The van der Waals surface area contributed by atoms with Crippen molar-refractivity contribution in [2.75, 3.05) is 19.7 Å². The Balaban J connectivity index is 1.53. The van der Waals surface area contributed by atoms with Crippen molar-refractivity contribution in [3.8, 4) is 0 Å². The first-order valence-corrected chi connectivity index (χ1v) is 9.97. The topological polar surface area (TPSA) is 46.6 Å². The number of nitrogens with zero attached hydrogens (tertiary/aromatic N) is 1. The van der Waals surface area contributed by atoms with E-state index in [1.165, 1.54) is 4.31 Å². The Kier molecular flexibility index (Phi) is 6.01. The van der Waals surface area contributed by atoms with Gasteiger partial charge in [-0.25, -0.2) is 17.2 Å². The van der Waals surface area contributed by atoms with Gasteiger partial charge in [0.2, 0.25) is 10.0 Å². The van der Waals surface area contributed by atoms with Gasteiger partial charge in [0.15, 0.2) is 0 Å². The van der Waals surface area contributed by atoms with Gasteiger partial charge in [0, 0.05) is 19.7 Å². The number of halogens is 2. The quantitative estimate of drug-likeness (QED) is 0.768. The van der Waals surface area contributed by atoms with Gasteiger partial charge in [-0.2, -0.15) is 4.31 Å². The molecule has 0 radical (unpaired) electrons. The fourth-order valence-electron chi connectivity index (χ4n) is 3.05. The minimum atomic E-state index is -4.02. The molecular weight excluding hydrogens is 360 g/mol. The third-order valence-electron chi connectivity index (χ3n) is 4.55. The molecule has 3 rings (SSSR count). The summed E-state index contributed by atoms with van der Waals surface area (Å²) in [5.41, 5.74) is 1.09. The average molecular weight is 381 g/mol. The van der Waals surface area contributed by atoms with Gasteiger partial charge < -0.3 is 4.74 Å². The van der Waals surface area contributed by atoms with Crippen LogP contribution < -0.4 is 0 Å². The van der Waals surface area contributed by atoms with Crippen molar-refractivity contribution < 1.29 is 21.9 Å². The molecule has 1 fully saturated rings. The molecule has 2 aromatic carbocycles. The van der Waals surface area contributed by atoms with Crippen molar-refractivity contribution in [2.45, 2.75) is 24.3 Å². The normalized spacial score (nSPS) is 16.7. The molecule has 7 heteroatoms. The molecule has 0 spiro atoms. The standard InChI is InChI=1S/C19H21F2NO3S/c20-17-6-7-18(21)19(12-17)26(23,24)22-10-8-16(9-11-22)14-25-13-15-4-2-1-3-5-15/h1-7,12,16H,8-11,13-14H2. The molecular formula is C19H21F2NO3S. The van der Waals surface area contributed by atoms with Crippen LogP contribution in [0.2, 0.25) is 0 Å². The maximum Gasteiger partial charge on any atom is 0.246 e. The largest absolute Gasteiger partial charge is 0.376 e. The summed E-state index contributed by atoms with van der Waals surface area (Å²) in [6.45, 7) is 1.63. The Morgan fingerprint density at radius 1 is 1.04 bits per heavy atom. The molecule has 0 amide bonds. The maximum atomic E-state index is 13.8. The first-order valence-electron chi connectivity index (χ1n) is 8.53. The zero-order valence-electron chi connectivity index (χ0n) is 14.3. The number of piperidine rings is 1. The summed E-state index contributed by atoms with van der Waals surface area (Å²) < 4.78 is 59.2. The Hall–Kier alpha value is -1.83. The van der Waals surface area contributed by atoms with E-state index >= 15 is 0 Å². The fourth-order valence-corrected chi connectivity index (χ4v) is 4.59. The molecule has 1 heterocycles. The second-order valence-corrected chi connectivity index (χ2v) is 8.33. The number of hydrogen-bond acceptors (Lipinski definition) is 3. The van der Waals surface area contributed by atoms with Crippen molar-refractivity contribution in [2.24, 2.45) is 5.92 Å². The Morgan fingerprint density at radius 2 is 1.73 bits per heavy atom. The molecule has 140 valence electrons. The lowest BCUT2D eigenvalue weighted by molar-refractivity contribution is 0.0687. The number of sulfonamides is 1. The molecule has 0 aromatic heterocycles. The lowest BCUT2D eigenvalue weighted by Crippen LogP contribution is -2.39. The summed E-state index contributed by atoms with van der Waals surface area (Å²) in [7, 11) is -4.02. The summed E-state index contributed by atoms with van der Waals surface area (Å²) in [6.07, 6.45) is 1.26. The van der Waals surface area contributed by atoms with E-state index in [-0.39, 0.29) is 19.0 Å². The van der Waals surface area contributed by atoms with E-state index in [1.807, 2.05) is 30.3 Å². The zero-order valence-corrected chi connectivity index (χ0v) is 15.1. The molecule has 26 heavy (non-hydrogen) atoms. The summed E-state index contributed by atoms with van der Waals surface area (Å²) in [4.78, 5) is -0.601. The van der Waals surface area contributed by atoms with Crippen LogP contribution >= 0.6 is 0 Å². The lowest BCUT2D eigenvalue weighted by Gasteiger charge is -2.31. The highest BCUT2D eigenvalue weighted by Crippen LogP contribution is 2.26. The first kappa shape index (κ1) is 18.9. The predicted molar refractivity (Wildman–Crippen MR) is 93.9 cm³/mol. The van der Waals surface area contributed by atoms with Gasteiger partial charge in [0.05, 0.1) is 6.61 Å². The van der Waals surface area contributed by atoms with E-state index in [0.29, 0.717) is 26.1 Å². The maximum absolute atomic E-state index is 13.8. The van der Waals surface area contributed by atoms with Crippen LogP contribution in [-0.4, -0.2) is 32.4 Å². The average Bonchev–Trinajstić information content (AvgIpc) is 2.65. The van der Waals surface area contributed by atoms with E-state index in [4.69, 9.17) is 4.74 Å². The van der Waals surface area contributed by atoms with Crippen LogP contribution in [0.3, 0.4) is 0 Å². The Bertz CT molecular complexity index is 835. The molecule has 1 aliphatic rings. The van der Waals surface area contributed by atoms with Crippen LogP contribution in [0, 0.1) is 17.6 Å². The van der Waals surface area contributed by atoms with Crippen LogP contribution in [-0.2, 0) is 21.4 Å². The zero-order chi connectivity index (χ0) is 18.6. The number of rotatable bonds is 6. The van der Waals surface area contributed by atoms with Gasteiger partial charge in [0.25, 0.3) is 0 Å². The predicted octanol–water partition coefficient (Wildman–Crippen LogP) is 3.58. The SMILES string of the molecule is O=S(=O)(c1cc(F)ccc1F)N1CCC(COCc2ccccc2)CC1. The number of hydrogen-bond donors (Lipinski definition) is 0. The van der Waals surface area contributed by atoms with Gasteiger partial charge in [-0.1, -0.05) is 30.3 Å². The summed E-state index contributed by atoms with van der Waals surface area (Å²) in [6, 6.07) is 12.3. The number of ether oxygens (including phenoxy) is 1. The second kappa shape index (κ2) is 8.24. The van der Waals surface area contributed by atoms with Crippen molar-refractivity contribution in [3.63, 3.8) is 0 Å². The van der Waals surface area contributed by atoms with E-state index < -0.39 is 26.6 Å². The molecule has 0 unspecified atom stereocenters. The summed E-state index contributed by atoms with van der Waals surface area (Å²) in [5, 5.41) is 0. The summed E-state index contributed by atoms with van der Waals surface area (Å²) >= 11 is 0. The van der Waals surface area contributed by atoms with Gasteiger partial charge in [-0.3, -0.25) is 0 Å². The van der Waals surface area contributed by atoms with Gasteiger partial charge in [-0.05, 0) is 42.5 Å². The van der Waals surface area contributed by atoms with Gasteiger partial charge in [0.1, 0.15) is 16.5 Å². The molecule has 4 nitrogen and oxygen atoms in total. The first-order chi connectivity index (χ1) is 12.5. The van der Waals surface area contributed by atoms with Crippen molar-refractivity contribution >= 4 is 10.0 Å². The highest BCUT2D eigenvalue weighted by molar-refractivity contribution is 7.89. The Morgan fingerprint density at radius 3 is 2.42 bits per heavy atom. The Labute approximate surface area is 152 Å². The van der Waals surface area contributed by atoms with E-state index in [1.54, 1.807) is 0 Å². The van der Waals surface area contributed by atoms with Crippen LogP contribution in [0.25, 0.3) is 0 Å². The minimum absolute atomic E-state index is 0.252. The van der Waals surface area contributed by atoms with Gasteiger partial charge >= 0.3 is 0 Å².